The number of nitrogens with one attached hydrogen (secondary N) is 2. The standard InChI is InChI=1S/C18H29N3O3/c1-5-10-21(11-6-2)18(23)14-20(3)13-17(22)19-15-8-7-9-16(12-15)24-4/h7-9,12H,5-6,10-11,13-14H2,1-4H3,(H,19,22)/p+1. The number of rotatable bonds is 10. The lowest BCUT2D eigenvalue weighted by atomic mass is 10.3. The van der Waals surface area contributed by atoms with Gasteiger partial charge in [0.25, 0.3) is 11.8 Å². The van der Waals surface area contributed by atoms with Gasteiger partial charge in [-0.05, 0) is 25.0 Å². The zero-order chi connectivity index (χ0) is 17.9. The van der Waals surface area contributed by atoms with Crippen LogP contribution >= 0.6 is 0 Å². The Morgan fingerprint density at radius 1 is 1.17 bits per heavy atom. The topological polar surface area (TPSA) is 63.1 Å². The van der Waals surface area contributed by atoms with Crippen molar-refractivity contribution in [2.75, 3.05) is 45.7 Å². The lowest BCUT2D eigenvalue weighted by Gasteiger charge is -2.23. The minimum atomic E-state index is -0.119. The molecular formula is C18H30N3O3+. The third kappa shape index (κ3) is 7.00. The van der Waals surface area contributed by atoms with Crippen molar-refractivity contribution in [3.05, 3.63) is 24.3 Å². The Balaban J connectivity index is 2.49. The fourth-order valence-corrected chi connectivity index (χ4v) is 2.51. The van der Waals surface area contributed by atoms with E-state index in [1.165, 1.54) is 0 Å². The van der Waals surface area contributed by atoms with Crippen molar-refractivity contribution in [3.63, 3.8) is 0 Å². The van der Waals surface area contributed by atoms with Crippen molar-refractivity contribution in [3.8, 4) is 5.75 Å². The molecular weight excluding hydrogens is 306 g/mol. The van der Waals surface area contributed by atoms with Gasteiger partial charge in [0.2, 0.25) is 0 Å². The van der Waals surface area contributed by atoms with Crippen molar-refractivity contribution in [2.24, 2.45) is 0 Å². The molecule has 0 radical (unpaired) electrons. The number of methoxy groups -OCH3 is 1. The van der Waals surface area contributed by atoms with Crippen LogP contribution in [0.1, 0.15) is 26.7 Å². The molecule has 1 atom stereocenters. The van der Waals surface area contributed by atoms with Crippen LogP contribution in [-0.4, -0.2) is 57.1 Å². The summed E-state index contributed by atoms with van der Waals surface area (Å²) in [7, 11) is 3.45. The second-order valence-corrected chi connectivity index (χ2v) is 5.97. The minimum absolute atomic E-state index is 0.102. The van der Waals surface area contributed by atoms with E-state index in [1.807, 2.05) is 30.1 Å². The maximum Gasteiger partial charge on any atom is 0.279 e. The highest BCUT2D eigenvalue weighted by atomic mass is 16.5. The molecule has 1 rings (SSSR count). The van der Waals surface area contributed by atoms with Crippen molar-refractivity contribution >= 4 is 17.5 Å². The third-order valence-corrected chi connectivity index (χ3v) is 3.61. The summed E-state index contributed by atoms with van der Waals surface area (Å²) < 4.78 is 5.14. The predicted octanol–water partition coefficient (Wildman–Crippen LogP) is 0.797. The van der Waals surface area contributed by atoms with Gasteiger partial charge in [-0.1, -0.05) is 19.9 Å². The highest BCUT2D eigenvalue weighted by Crippen LogP contribution is 2.16. The Bertz CT molecular complexity index is 528. The quantitative estimate of drug-likeness (QED) is 0.664. The summed E-state index contributed by atoms with van der Waals surface area (Å²) in [5, 5.41) is 2.84. The Kier molecular flexibility index (Phi) is 8.86. The molecule has 1 aromatic rings. The molecule has 134 valence electrons. The SMILES string of the molecule is CCCN(CCC)C(=O)C[NH+](C)CC(=O)Nc1cccc(OC)c1. The normalized spacial score (nSPS) is 11.7. The van der Waals surface area contributed by atoms with Crippen LogP contribution in [0.4, 0.5) is 5.69 Å². The number of nitrogens with zero attached hydrogens (tertiary/aromatic N) is 1. The molecule has 0 aliphatic heterocycles. The highest BCUT2D eigenvalue weighted by Gasteiger charge is 2.18. The Labute approximate surface area is 144 Å². The minimum Gasteiger partial charge on any atom is -0.497 e. The third-order valence-electron chi connectivity index (χ3n) is 3.61. The van der Waals surface area contributed by atoms with Gasteiger partial charge in [-0.2, -0.15) is 0 Å². The van der Waals surface area contributed by atoms with E-state index in [9.17, 15) is 9.59 Å². The number of quaternary nitrogens is 1. The van der Waals surface area contributed by atoms with Gasteiger partial charge >= 0.3 is 0 Å². The fraction of sp³-hybridized carbons (Fsp3) is 0.556. The number of carbonyl (C=O) groups is 2. The summed E-state index contributed by atoms with van der Waals surface area (Å²) in [5.41, 5.74) is 0.692. The summed E-state index contributed by atoms with van der Waals surface area (Å²) in [5.74, 6) is 0.676. The summed E-state index contributed by atoms with van der Waals surface area (Å²) in [4.78, 5) is 27.2. The van der Waals surface area contributed by atoms with E-state index in [1.54, 1.807) is 13.2 Å². The number of hydrogen-bond donors (Lipinski definition) is 2. The number of hydrogen-bond acceptors (Lipinski definition) is 3. The molecule has 6 nitrogen and oxygen atoms in total. The Morgan fingerprint density at radius 3 is 2.42 bits per heavy atom. The first-order valence-corrected chi connectivity index (χ1v) is 8.53. The first-order chi connectivity index (χ1) is 11.5. The first kappa shape index (κ1) is 20.0. The molecule has 1 aromatic carbocycles. The smallest absolute Gasteiger partial charge is 0.279 e. The molecule has 0 fully saturated rings. The van der Waals surface area contributed by atoms with Crippen LogP contribution in [0.25, 0.3) is 0 Å². The van der Waals surface area contributed by atoms with Crippen molar-refractivity contribution < 1.29 is 19.2 Å². The zero-order valence-electron chi connectivity index (χ0n) is 15.2. The van der Waals surface area contributed by atoms with E-state index in [-0.39, 0.29) is 18.4 Å². The van der Waals surface area contributed by atoms with E-state index in [2.05, 4.69) is 19.2 Å². The van der Waals surface area contributed by atoms with Gasteiger partial charge in [-0.25, -0.2) is 0 Å². The molecule has 0 aliphatic carbocycles. The van der Waals surface area contributed by atoms with E-state index >= 15 is 0 Å². The molecule has 2 amide bonds. The summed E-state index contributed by atoms with van der Waals surface area (Å²) in [6.07, 6.45) is 1.89. The zero-order valence-corrected chi connectivity index (χ0v) is 15.2. The monoisotopic (exact) mass is 336 g/mol. The molecule has 0 spiro atoms. The van der Waals surface area contributed by atoms with Gasteiger partial charge in [-0.3, -0.25) is 9.59 Å². The molecule has 0 heterocycles. The first-order valence-electron chi connectivity index (χ1n) is 8.53. The Morgan fingerprint density at radius 2 is 1.83 bits per heavy atom. The average Bonchev–Trinajstić information content (AvgIpc) is 2.54. The van der Waals surface area contributed by atoms with Crippen LogP contribution < -0.4 is 15.0 Å². The fourth-order valence-electron chi connectivity index (χ4n) is 2.51. The van der Waals surface area contributed by atoms with Crippen LogP contribution in [0.3, 0.4) is 0 Å². The molecule has 2 N–H and O–H groups in total. The molecule has 0 aliphatic rings. The number of amides is 2. The second-order valence-electron chi connectivity index (χ2n) is 5.97. The van der Waals surface area contributed by atoms with Gasteiger partial charge in [0.05, 0.1) is 14.2 Å². The molecule has 0 aromatic heterocycles. The molecule has 6 heteroatoms. The largest absolute Gasteiger partial charge is 0.497 e. The number of anilines is 1. The van der Waals surface area contributed by atoms with Crippen molar-refractivity contribution in [2.45, 2.75) is 26.7 Å². The van der Waals surface area contributed by atoms with Crippen LogP contribution in [0.5, 0.6) is 5.75 Å². The van der Waals surface area contributed by atoms with Crippen molar-refractivity contribution in [1.29, 1.82) is 0 Å². The van der Waals surface area contributed by atoms with Gasteiger partial charge < -0.3 is 19.9 Å². The van der Waals surface area contributed by atoms with Gasteiger partial charge in [-0.15, -0.1) is 0 Å². The maximum absolute atomic E-state index is 12.3. The second kappa shape index (κ2) is 10.6. The van der Waals surface area contributed by atoms with Gasteiger partial charge in [0.15, 0.2) is 13.1 Å². The Hall–Kier alpha value is -2.08. The molecule has 0 saturated carbocycles. The predicted molar refractivity (Wildman–Crippen MR) is 95.4 cm³/mol. The van der Waals surface area contributed by atoms with Gasteiger partial charge in [0, 0.05) is 24.8 Å². The molecule has 1 unspecified atom stereocenters. The molecule has 24 heavy (non-hydrogen) atoms. The van der Waals surface area contributed by atoms with Crippen molar-refractivity contribution in [1.82, 2.24) is 4.90 Å². The lowest BCUT2D eigenvalue weighted by molar-refractivity contribution is -0.862. The maximum atomic E-state index is 12.3. The summed E-state index contributed by atoms with van der Waals surface area (Å²) >= 11 is 0. The molecule has 0 saturated heterocycles. The highest BCUT2D eigenvalue weighted by molar-refractivity contribution is 5.91. The summed E-state index contributed by atoms with van der Waals surface area (Å²) in [6.45, 7) is 6.24. The van der Waals surface area contributed by atoms with E-state index in [4.69, 9.17) is 4.74 Å². The van der Waals surface area contributed by atoms with E-state index in [0.29, 0.717) is 18.0 Å². The van der Waals surface area contributed by atoms with Crippen LogP contribution in [-0.2, 0) is 9.59 Å². The number of benzene rings is 1. The van der Waals surface area contributed by atoms with E-state index in [0.717, 1.165) is 30.8 Å². The number of ether oxygens (including phenoxy) is 1. The van der Waals surface area contributed by atoms with Crippen LogP contribution in [0.15, 0.2) is 24.3 Å². The number of carbonyl (C=O) groups excluding carboxylic acids is 2. The molecule has 0 bridgehead atoms. The number of likely N-dealkylation sites (N-methyl/N-ethyl adjacent to an activating group) is 1. The van der Waals surface area contributed by atoms with E-state index < -0.39 is 0 Å². The van der Waals surface area contributed by atoms with Crippen LogP contribution in [0, 0.1) is 0 Å². The van der Waals surface area contributed by atoms with Crippen LogP contribution in [0.2, 0.25) is 0 Å². The summed E-state index contributed by atoms with van der Waals surface area (Å²) in [6, 6.07) is 7.22. The lowest BCUT2D eigenvalue weighted by Crippen LogP contribution is -3.11. The average molecular weight is 336 g/mol. The van der Waals surface area contributed by atoms with Gasteiger partial charge in [0.1, 0.15) is 5.75 Å².